The highest BCUT2D eigenvalue weighted by Crippen LogP contribution is 2.50. The van der Waals surface area contributed by atoms with Gasteiger partial charge in [0.1, 0.15) is 6.10 Å². The zero-order valence-electron chi connectivity index (χ0n) is 11.3. The molecule has 0 amide bonds. The highest BCUT2D eigenvalue weighted by Gasteiger charge is 2.49. The van der Waals surface area contributed by atoms with Gasteiger partial charge in [-0.15, -0.1) is 0 Å². The van der Waals surface area contributed by atoms with Crippen LogP contribution in [0.3, 0.4) is 0 Å². The smallest absolute Gasteiger partial charge is 0.310 e. The van der Waals surface area contributed by atoms with Gasteiger partial charge in [-0.1, -0.05) is 37.6 Å². The molecule has 0 bridgehead atoms. The summed E-state index contributed by atoms with van der Waals surface area (Å²) in [6.07, 6.45) is 2.17. The Labute approximate surface area is 119 Å². The molecule has 3 heteroatoms. The maximum Gasteiger partial charge on any atom is 0.310 e. The van der Waals surface area contributed by atoms with Crippen LogP contribution >= 0.6 is 11.6 Å². The molecule has 5 atom stereocenters. The van der Waals surface area contributed by atoms with E-state index >= 15 is 0 Å². The third kappa shape index (κ3) is 2.16. The lowest BCUT2D eigenvalue weighted by molar-refractivity contribution is -0.172. The molecule has 0 N–H and O–H groups in total. The highest BCUT2D eigenvalue weighted by molar-refractivity contribution is 6.30. The summed E-state index contributed by atoms with van der Waals surface area (Å²) < 4.78 is 5.73. The average Bonchev–Trinajstić information content (AvgIpc) is 2.78. The Morgan fingerprint density at radius 2 is 1.84 bits per heavy atom. The first kappa shape index (κ1) is 13.0. The van der Waals surface area contributed by atoms with Crippen molar-refractivity contribution < 1.29 is 9.53 Å². The van der Waals surface area contributed by atoms with Crippen molar-refractivity contribution in [1.29, 1.82) is 0 Å². The number of carbonyl (C=O) groups is 1. The highest BCUT2D eigenvalue weighted by atomic mass is 35.5. The van der Waals surface area contributed by atoms with E-state index in [1.54, 1.807) is 0 Å². The number of rotatable bonds is 1. The van der Waals surface area contributed by atoms with Crippen LogP contribution in [0.15, 0.2) is 24.3 Å². The summed E-state index contributed by atoms with van der Waals surface area (Å²) in [4.78, 5) is 12.2. The van der Waals surface area contributed by atoms with Crippen LogP contribution in [0.5, 0.6) is 0 Å². The fourth-order valence-corrected chi connectivity index (χ4v) is 3.92. The van der Waals surface area contributed by atoms with E-state index in [-0.39, 0.29) is 18.0 Å². The van der Waals surface area contributed by atoms with Crippen molar-refractivity contribution in [1.82, 2.24) is 0 Å². The second kappa shape index (κ2) is 4.82. The molecule has 102 valence electrons. The number of esters is 1. The lowest BCUT2D eigenvalue weighted by Gasteiger charge is -2.38. The second-order valence-electron chi connectivity index (χ2n) is 6.01. The van der Waals surface area contributed by atoms with E-state index in [1.807, 2.05) is 24.3 Å². The molecular formula is C16H19ClO2. The van der Waals surface area contributed by atoms with E-state index in [0.717, 1.165) is 18.4 Å². The Morgan fingerprint density at radius 3 is 2.53 bits per heavy atom. The van der Waals surface area contributed by atoms with Crippen molar-refractivity contribution in [3.63, 3.8) is 0 Å². The SMILES string of the molecule is C[C@@H]1[C@H]2CC[C@H](C)[C@H]2C(=O)O[C@H]1c1ccc(Cl)cc1. The molecule has 1 aromatic rings. The molecule has 1 aliphatic heterocycles. The minimum absolute atomic E-state index is 0.00644. The van der Waals surface area contributed by atoms with Gasteiger partial charge in [-0.05, 0) is 42.4 Å². The molecule has 3 rings (SSSR count). The largest absolute Gasteiger partial charge is 0.457 e. The second-order valence-corrected chi connectivity index (χ2v) is 6.45. The Balaban J connectivity index is 1.88. The standard InChI is InChI=1S/C16H19ClO2/c1-9-3-8-13-10(2)15(19-16(18)14(9)13)11-4-6-12(17)7-5-11/h4-7,9-10,13-15H,3,8H2,1-2H3/t9-,10+,13+,14+,15+/m0/s1. The molecule has 0 unspecified atom stereocenters. The van der Waals surface area contributed by atoms with E-state index in [0.29, 0.717) is 22.8 Å². The monoisotopic (exact) mass is 278 g/mol. The van der Waals surface area contributed by atoms with Crippen molar-refractivity contribution in [3.05, 3.63) is 34.9 Å². The Bertz CT molecular complexity index is 482. The molecule has 19 heavy (non-hydrogen) atoms. The van der Waals surface area contributed by atoms with Gasteiger partial charge in [0.25, 0.3) is 0 Å². The Hall–Kier alpha value is -1.02. The number of halogens is 1. The van der Waals surface area contributed by atoms with Gasteiger partial charge in [0.05, 0.1) is 5.92 Å². The Kier molecular flexibility index (Phi) is 3.30. The summed E-state index contributed by atoms with van der Waals surface area (Å²) in [6, 6.07) is 7.66. The lowest BCUT2D eigenvalue weighted by Crippen LogP contribution is -2.39. The van der Waals surface area contributed by atoms with Crippen LogP contribution in [-0.2, 0) is 9.53 Å². The number of ether oxygens (including phenoxy) is 1. The summed E-state index contributed by atoms with van der Waals surface area (Å²) in [6.45, 7) is 4.38. The molecule has 2 fully saturated rings. The van der Waals surface area contributed by atoms with Crippen LogP contribution in [0.2, 0.25) is 5.02 Å². The zero-order valence-corrected chi connectivity index (χ0v) is 12.1. The van der Waals surface area contributed by atoms with Crippen molar-refractivity contribution in [2.75, 3.05) is 0 Å². The first-order valence-corrected chi connectivity index (χ1v) is 7.41. The average molecular weight is 279 g/mol. The summed E-state index contributed by atoms with van der Waals surface area (Å²) in [5.41, 5.74) is 1.06. The van der Waals surface area contributed by atoms with Gasteiger partial charge in [0, 0.05) is 10.9 Å². The molecule has 1 aliphatic carbocycles. The molecule has 2 aliphatic rings. The minimum atomic E-state index is -0.115. The molecule has 0 aromatic heterocycles. The van der Waals surface area contributed by atoms with Crippen LogP contribution in [0, 0.1) is 23.7 Å². The molecular weight excluding hydrogens is 260 g/mol. The third-order valence-corrected chi connectivity index (χ3v) is 5.15. The van der Waals surface area contributed by atoms with Crippen molar-refractivity contribution in [2.45, 2.75) is 32.8 Å². The van der Waals surface area contributed by atoms with Gasteiger partial charge in [-0.25, -0.2) is 0 Å². The molecule has 1 saturated carbocycles. The molecule has 2 nitrogen and oxygen atoms in total. The first-order chi connectivity index (χ1) is 9.08. The molecule has 1 aromatic carbocycles. The van der Waals surface area contributed by atoms with E-state index in [4.69, 9.17) is 16.3 Å². The summed E-state index contributed by atoms with van der Waals surface area (Å²) in [7, 11) is 0. The lowest BCUT2D eigenvalue weighted by atomic mass is 9.76. The van der Waals surface area contributed by atoms with E-state index in [1.165, 1.54) is 0 Å². The number of fused-ring (bicyclic) bond motifs is 1. The first-order valence-electron chi connectivity index (χ1n) is 7.04. The van der Waals surface area contributed by atoms with Crippen LogP contribution < -0.4 is 0 Å². The van der Waals surface area contributed by atoms with Crippen molar-refractivity contribution >= 4 is 17.6 Å². The quantitative estimate of drug-likeness (QED) is 0.719. The maximum absolute atomic E-state index is 12.2. The molecule has 1 heterocycles. The minimum Gasteiger partial charge on any atom is -0.457 e. The van der Waals surface area contributed by atoms with Gasteiger partial charge in [0.15, 0.2) is 0 Å². The zero-order chi connectivity index (χ0) is 13.6. The maximum atomic E-state index is 12.2. The summed E-state index contributed by atoms with van der Waals surface area (Å²) >= 11 is 5.92. The van der Waals surface area contributed by atoms with Crippen LogP contribution in [0.4, 0.5) is 0 Å². The van der Waals surface area contributed by atoms with Gasteiger partial charge in [0.2, 0.25) is 0 Å². The number of carbonyl (C=O) groups excluding carboxylic acids is 1. The van der Waals surface area contributed by atoms with Crippen molar-refractivity contribution in [2.24, 2.45) is 23.7 Å². The predicted molar refractivity (Wildman–Crippen MR) is 74.8 cm³/mol. The molecule has 0 spiro atoms. The van der Waals surface area contributed by atoms with Gasteiger partial charge < -0.3 is 4.74 Å². The fraction of sp³-hybridized carbons (Fsp3) is 0.562. The fourth-order valence-electron chi connectivity index (χ4n) is 3.79. The van der Waals surface area contributed by atoms with E-state index < -0.39 is 0 Å². The Morgan fingerprint density at radius 1 is 1.16 bits per heavy atom. The normalized spacial score (nSPS) is 37.8. The number of hydrogen-bond acceptors (Lipinski definition) is 2. The van der Waals surface area contributed by atoms with E-state index in [9.17, 15) is 4.79 Å². The predicted octanol–water partition coefficient (Wildman–Crippen LogP) is 4.24. The third-order valence-electron chi connectivity index (χ3n) is 4.90. The van der Waals surface area contributed by atoms with Gasteiger partial charge >= 0.3 is 5.97 Å². The van der Waals surface area contributed by atoms with Crippen LogP contribution in [0.25, 0.3) is 0 Å². The van der Waals surface area contributed by atoms with E-state index in [2.05, 4.69) is 13.8 Å². The number of benzene rings is 1. The summed E-state index contributed by atoms with van der Waals surface area (Å²) in [5.74, 6) is 1.42. The van der Waals surface area contributed by atoms with Crippen molar-refractivity contribution in [3.8, 4) is 0 Å². The molecule has 0 radical (unpaired) electrons. The summed E-state index contributed by atoms with van der Waals surface area (Å²) in [5, 5.41) is 0.714. The van der Waals surface area contributed by atoms with Gasteiger partial charge in [-0.3, -0.25) is 4.79 Å². The number of hydrogen-bond donors (Lipinski definition) is 0. The number of cyclic esters (lactones) is 1. The molecule has 1 saturated heterocycles. The van der Waals surface area contributed by atoms with Crippen LogP contribution in [0.1, 0.15) is 38.4 Å². The van der Waals surface area contributed by atoms with Gasteiger partial charge in [-0.2, -0.15) is 0 Å². The van der Waals surface area contributed by atoms with Crippen LogP contribution in [-0.4, -0.2) is 5.97 Å². The topological polar surface area (TPSA) is 26.3 Å².